The zero-order chi connectivity index (χ0) is 18.8. The van der Waals surface area contributed by atoms with Crippen LogP contribution in [0.3, 0.4) is 0 Å². The molecule has 0 aliphatic heterocycles. The summed E-state index contributed by atoms with van der Waals surface area (Å²) in [6.45, 7) is 3.52. The van der Waals surface area contributed by atoms with Crippen LogP contribution >= 0.6 is 23.2 Å². The lowest BCUT2D eigenvalue weighted by Gasteiger charge is -2.05. The van der Waals surface area contributed by atoms with Gasteiger partial charge < -0.3 is 4.42 Å². The maximum absolute atomic E-state index is 11.0. The highest BCUT2D eigenvalue weighted by atomic mass is 35.5. The van der Waals surface area contributed by atoms with Crippen molar-refractivity contribution in [2.24, 2.45) is 4.99 Å². The van der Waals surface area contributed by atoms with Gasteiger partial charge in [0.05, 0.1) is 26.9 Å². The number of nitrogens with zero attached hydrogens (tertiary/aromatic N) is 2. The molecule has 0 amide bonds. The summed E-state index contributed by atoms with van der Waals surface area (Å²) >= 11 is 11.9. The average Bonchev–Trinajstić information content (AvgIpc) is 3.06. The Hall–Kier alpha value is -2.63. The standard InChI is InChI=1S/C19H14Cl2N2O3/c1-11-8-18(23(24)25)12(2)7-15(11)19-6-4-14(26-19)10-22-13-3-5-16(20)17(21)9-13/h3-10H,1-2H3. The third-order valence-corrected chi connectivity index (χ3v) is 4.61. The van der Waals surface area contributed by atoms with Crippen LogP contribution in [0.4, 0.5) is 11.4 Å². The summed E-state index contributed by atoms with van der Waals surface area (Å²) in [7, 11) is 0. The Bertz CT molecular complexity index is 1030. The van der Waals surface area contributed by atoms with Gasteiger partial charge in [-0.2, -0.15) is 0 Å². The van der Waals surface area contributed by atoms with E-state index in [9.17, 15) is 10.1 Å². The molecule has 0 saturated heterocycles. The molecule has 1 heterocycles. The summed E-state index contributed by atoms with van der Waals surface area (Å²) in [5.41, 5.74) is 2.91. The topological polar surface area (TPSA) is 68.6 Å². The van der Waals surface area contributed by atoms with E-state index in [1.54, 1.807) is 49.5 Å². The SMILES string of the molecule is Cc1cc([N+](=O)[O-])c(C)cc1-c1ccc(C=Nc2ccc(Cl)c(Cl)c2)o1. The Morgan fingerprint density at radius 2 is 1.81 bits per heavy atom. The second kappa shape index (κ2) is 7.32. The molecule has 0 unspecified atom stereocenters. The molecule has 132 valence electrons. The van der Waals surface area contributed by atoms with Crippen LogP contribution in [-0.4, -0.2) is 11.1 Å². The summed E-state index contributed by atoms with van der Waals surface area (Å²) in [6, 6.07) is 12.0. The third-order valence-electron chi connectivity index (χ3n) is 3.88. The summed E-state index contributed by atoms with van der Waals surface area (Å²) in [5, 5.41) is 11.9. The van der Waals surface area contributed by atoms with E-state index in [4.69, 9.17) is 27.6 Å². The van der Waals surface area contributed by atoms with Crippen LogP contribution in [0.2, 0.25) is 10.0 Å². The molecule has 3 aromatic rings. The molecule has 7 heteroatoms. The lowest BCUT2D eigenvalue weighted by Crippen LogP contribution is -1.94. The first-order valence-electron chi connectivity index (χ1n) is 7.70. The largest absolute Gasteiger partial charge is 0.455 e. The number of nitro groups is 1. The Morgan fingerprint density at radius 1 is 1.04 bits per heavy atom. The fourth-order valence-corrected chi connectivity index (χ4v) is 2.83. The molecular weight excluding hydrogens is 375 g/mol. The molecule has 3 rings (SSSR count). The van der Waals surface area contributed by atoms with Crippen molar-refractivity contribution in [1.29, 1.82) is 0 Å². The highest BCUT2D eigenvalue weighted by Gasteiger charge is 2.16. The van der Waals surface area contributed by atoms with Crippen molar-refractivity contribution in [3.8, 4) is 11.3 Å². The molecule has 0 spiro atoms. The van der Waals surface area contributed by atoms with Gasteiger partial charge in [-0.3, -0.25) is 15.1 Å². The van der Waals surface area contributed by atoms with Crippen molar-refractivity contribution in [3.05, 3.63) is 79.5 Å². The molecule has 0 radical (unpaired) electrons. The fraction of sp³-hybridized carbons (Fsp3) is 0.105. The third kappa shape index (κ3) is 3.79. The van der Waals surface area contributed by atoms with Crippen LogP contribution in [0, 0.1) is 24.0 Å². The molecule has 1 aromatic heterocycles. The number of nitro benzene ring substituents is 1. The van der Waals surface area contributed by atoms with Crippen molar-refractivity contribution in [1.82, 2.24) is 0 Å². The number of aliphatic imine (C=N–C) groups is 1. The molecule has 0 fully saturated rings. The van der Waals surface area contributed by atoms with Gasteiger partial charge in [0.1, 0.15) is 11.5 Å². The maximum atomic E-state index is 11.0. The second-order valence-electron chi connectivity index (χ2n) is 5.77. The summed E-state index contributed by atoms with van der Waals surface area (Å²) < 4.78 is 5.80. The number of furan rings is 1. The Kier molecular flexibility index (Phi) is 5.11. The van der Waals surface area contributed by atoms with Crippen molar-refractivity contribution >= 4 is 40.8 Å². The molecular formula is C19H14Cl2N2O3. The first-order chi connectivity index (χ1) is 12.3. The molecule has 5 nitrogen and oxygen atoms in total. The fourth-order valence-electron chi connectivity index (χ4n) is 2.53. The van der Waals surface area contributed by atoms with Gasteiger partial charge >= 0.3 is 0 Å². The summed E-state index contributed by atoms with van der Waals surface area (Å²) in [5.74, 6) is 1.18. The number of rotatable bonds is 4. The molecule has 0 bridgehead atoms. The van der Waals surface area contributed by atoms with Gasteiger partial charge in [-0.25, -0.2) is 0 Å². The Balaban J connectivity index is 1.88. The Labute approximate surface area is 160 Å². The molecule has 0 aliphatic carbocycles. The van der Waals surface area contributed by atoms with E-state index in [-0.39, 0.29) is 10.6 Å². The van der Waals surface area contributed by atoms with Crippen LogP contribution in [0.5, 0.6) is 0 Å². The van der Waals surface area contributed by atoms with Crippen molar-refractivity contribution < 1.29 is 9.34 Å². The molecule has 0 saturated carbocycles. The lowest BCUT2D eigenvalue weighted by atomic mass is 10.0. The average molecular weight is 389 g/mol. The molecule has 0 N–H and O–H groups in total. The predicted molar refractivity (Wildman–Crippen MR) is 104 cm³/mol. The van der Waals surface area contributed by atoms with Crippen molar-refractivity contribution in [3.63, 3.8) is 0 Å². The van der Waals surface area contributed by atoms with Crippen molar-refractivity contribution in [2.45, 2.75) is 13.8 Å². The predicted octanol–water partition coefficient (Wildman–Crippen LogP) is 6.53. The van der Waals surface area contributed by atoms with Crippen LogP contribution in [0.25, 0.3) is 11.3 Å². The number of hydrogen-bond acceptors (Lipinski definition) is 4. The zero-order valence-corrected chi connectivity index (χ0v) is 15.5. The van der Waals surface area contributed by atoms with Crippen LogP contribution < -0.4 is 0 Å². The van der Waals surface area contributed by atoms with Gasteiger partial charge in [0.15, 0.2) is 0 Å². The number of aryl methyl sites for hydroxylation is 2. The second-order valence-corrected chi connectivity index (χ2v) is 6.58. The van der Waals surface area contributed by atoms with Gasteiger partial charge in [0, 0.05) is 17.2 Å². The molecule has 0 aliphatic rings. The highest BCUT2D eigenvalue weighted by Crippen LogP contribution is 2.31. The zero-order valence-electron chi connectivity index (χ0n) is 14.0. The first kappa shape index (κ1) is 18.2. The van der Waals surface area contributed by atoms with Crippen LogP contribution in [-0.2, 0) is 0 Å². The minimum absolute atomic E-state index is 0.0965. The van der Waals surface area contributed by atoms with Gasteiger partial charge in [0.25, 0.3) is 5.69 Å². The van der Waals surface area contributed by atoms with Crippen LogP contribution in [0.15, 0.2) is 51.9 Å². The van der Waals surface area contributed by atoms with Gasteiger partial charge in [-0.05, 0) is 55.8 Å². The highest BCUT2D eigenvalue weighted by molar-refractivity contribution is 6.42. The Morgan fingerprint density at radius 3 is 2.50 bits per heavy atom. The van der Waals surface area contributed by atoms with E-state index < -0.39 is 0 Å². The van der Waals surface area contributed by atoms with Gasteiger partial charge in [-0.15, -0.1) is 0 Å². The van der Waals surface area contributed by atoms with Crippen molar-refractivity contribution in [2.75, 3.05) is 0 Å². The number of halogens is 2. The van der Waals surface area contributed by atoms with Gasteiger partial charge in [-0.1, -0.05) is 23.2 Å². The monoisotopic (exact) mass is 388 g/mol. The van der Waals surface area contributed by atoms with Gasteiger partial charge in [0.2, 0.25) is 0 Å². The molecule has 2 aromatic carbocycles. The normalized spacial score (nSPS) is 11.2. The first-order valence-corrected chi connectivity index (χ1v) is 8.45. The minimum atomic E-state index is -0.385. The number of hydrogen-bond donors (Lipinski definition) is 0. The minimum Gasteiger partial charge on any atom is -0.455 e. The smallest absolute Gasteiger partial charge is 0.272 e. The van der Waals surface area contributed by atoms with E-state index in [1.165, 1.54) is 0 Å². The summed E-state index contributed by atoms with van der Waals surface area (Å²) in [4.78, 5) is 15.0. The quantitative estimate of drug-likeness (QED) is 0.289. The van der Waals surface area contributed by atoms with E-state index in [0.29, 0.717) is 32.8 Å². The molecule has 0 atom stereocenters. The van der Waals surface area contributed by atoms with Crippen LogP contribution in [0.1, 0.15) is 16.9 Å². The summed E-state index contributed by atoms with van der Waals surface area (Å²) in [6.07, 6.45) is 1.58. The molecule has 26 heavy (non-hydrogen) atoms. The number of benzene rings is 2. The van der Waals surface area contributed by atoms with E-state index in [2.05, 4.69) is 4.99 Å². The van der Waals surface area contributed by atoms with E-state index in [1.807, 2.05) is 13.0 Å². The van der Waals surface area contributed by atoms with E-state index in [0.717, 1.165) is 11.1 Å². The lowest BCUT2D eigenvalue weighted by molar-refractivity contribution is -0.385. The van der Waals surface area contributed by atoms with E-state index >= 15 is 0 Å². The maximum Gasteiger partial charge on any atom is 0.272 e.